The van der Waals surface area contributed by atoms with Crippen molar-refractivity contribution in [3.05, 3.63) is 29.3 Å². The lowest BCUT2D eigenvalue weighted by Crippen LogP contribution is -2.31. The Kier molecular flexibility index (Phi) is 6.36. The molecule has 0 saturated carbocycles. The Hall–Kier alpha value is -2.35. The second kappa shape index (κ2) is 8.49. The number of hydrogen-bond donors (Lipinski definition) is 1. The maximum absolute atomic E-state index is 11.7. The molecule has 128 valence electrons. The fraction of sp³-hybridized carbons (Fsp3) is 0.375. The van der Waals surface area contributed by atoms with E-state index in [4.69, 9.17) is 9.15 Å². The molecule has 2 aromatic rings. The van der Waals surface area contributed by atoms with E-state index in [9.17, 15) is 9.59 Å². The van der Waals surface area contributed by atoms with Gasteiger partial charge in [0.05, 0.1) is 12.4 Å². The van der Waals surface area contributed by atoms with E-state index in [2.05, 4.69) is 21.6 Å². The number of ether oxygens (including phenoxy) is 1. The summed E-state index contributed by atoms with van der Waals surface area (Å²) in [6.45, 7) is 5.84. The van der Waals surface area contributed by atoms with Crippen LogP contribution in [0.3, 0.4) is 0 Å². The highest BCUT2D eigenvalue weighted by Gasteiger charge is 2.12. The first-order valence-electron chi connectivity index (χ1n) is 7.45. The highest BCUT2D eigenvalue weighted by Crippen LogP contribution is 2.24. The van der Waals surface area contributed by atoms with Crippen LogP contribution in [-0.4, -0.2) is 41.0 Å². The molecule has 1 N–H and O–H groups in total. The predicted molar refractivity (Wildman–Crippen MR) is 89.6 cm³/mol. The number of nitrogens with one attached hydrogen (secondary N) is 1. The van der Waals surface area contributed by atoms with E-state index in [0.717, 1.165) is 28.5 Å². The first-order chi connectivity index (χ1) is 11.5. The Labute approximate surface area is 144 Å². The number of amides is 1. The van der Waals surface area contributed by atoms with E-state index in [1.54, 1.807) is 6.92 Å². The minimum absolute atomic E-state index is 0.0773. The molecule has 24 heavy (non-hydrogen) atoms. The first-order valence-corrected chi connectivity index (χ1v) is 8.43. The van der Waals surface area contributed by atoms with Gasteiger partial charge >= 0.3 is 5.97 Å². The molecule has 1 aromatic carbocycles. The number of benzene rings is 1. The fourth-order valence-corrected chi connectivity index (χ4v) is 2.64. The van der Waals surface area contributed by atoms with Gasteiger partial charge in [0.25, 0.3) is 5.22 Å². The number of carbonyl (C=O) groups excluding carboxylic acids is 2. The molecule has 1 heterocycles. The van der Waals surface area contributed by atoms with Crippen LogP contribution in [0.1, 0.15) is 18.1 Å². The van der Waals surface area contributed by atoms with Crippen LogP contribution in [0.4, 0.5) is 0 Å². The van der Waals surface area contributed by atoms with Gasteiger partial charge in [0, 0.05) is 5.56 Å². The summed E-state index contributed by atoms with van der Waals surface area (Å²) < 4.78 is 10.3. The van der Waals surface area contributed by atoms with Gasteiger partial charge in [-0.2, -0.15) is 0 Å². The van der Waals surface area contributed by atoms with Gasteiger partial charge in [0.2, 0.25) is 11.8 Å². The second-order valence-electron chi connectivity index (χ2n) is 5.12. The molecule has 8 heteroatoms. The molecule has 0 aliphatic heterocycles. The van der Waals surface area contributed by atoms with E-state index in [-0.39, 0.29) is 24.8 Å². The van der Waals surface area contributed by atoms with Crippen LogP contribution in [-0.2, 0) is 14.3 Å². The van der Waals surface area contributed by atoms with Gasteiger partial charge in [-0.25, -0.2) is 0 Å². The van der Waals surface area contributed by atoms with Gasteiger partial charge in [-0.3, -0.25) is 9.59 Å². The molecule has 0 fully saturated rings. The number of aryl methyl sites for hydroxylation is 2. The Morgan fingerprint density at radius 2 is 1.92 bits per heavy atom. The Bertz CT molecular complexity index is 710. The molecule has 0 aliphatic rings. The fourth-order valence-electron chi connectivity index (χ4n) is 2.04. The molecular weight excluding hydrogens is 330 g/mol. The minimum atomic E-state index is -0.467. The molecule has 1 aromatic heterocycles. The van der Waals surface area contributed by atoms with Crippen LogP contribution >= 0.6 is 11.8 Å². The summed E-state index contributed by atoms with van der Waals surface area (Å²) >= 11 is 1.11. The zero-order valence-corrected chi connectivity index (χ0v) is 14.6. The Balaban J connectivity index is 1.87. The van der Waals surface area contributed by atoms with Crippen molar-refractivity contribution < 1.29 is 18.7 Å². The van der Waals surface area contributed by atoms with Gasteiger partial charge in [-0.15, -0.1) is 10.2 Å². The summed E-state index contributed by atoms with van der Waals surface area (Å²) in [7, 11) is 0. The number of esters is 1. The third kappa shape index (κ3) is 5.38. The molecule has 0 spiro atoms. The Morgan fingerprint density at radius 3 is 2.58 bits per heavy atom. The summed E-state index contributed by atoms with van der Waals surface area (Å²) in [5, 5.41) is 10.7. The van der Waals surface area contributed by atoms with E-state index in [0.29, 0.717) is 11.1 Å². The summed E-state index contributed by atoms with van der Waals surface area (Å²) in [5.41, 5.74) is 3.06. The van der Waals surface area contributed by atoms with E-state index in [1.807, 2.05) is 26.0 Å². The quantitative estimate of drug-likeness (QED) is 0.604. The predicted octanol–water partition coefficient (Wildman–Crippen LogP) is 2.12. The summed E-state index contributed by atoms with van der Waals surface area (Å²) in [4.78, 5) is 22.8. The molecule has 0 unspecified atom stereocenters. The summed E-state index contributed by atoms with van der Waals surface area (Å²) in [6, 6.07) is 5.98. The minimum Gasteiger partial charge on any atom is -0.465 e. The van der Waals surface area contributed by atoms with Gasteiger partial charge in [-0.05, 0) is 32.9 Å². The topological polar surface area (TPSA) is 94.3 Å². The summed E-state index contributed by atoms with van der Waals surface area (Å²) in [5.74, 6) is -0.283. The van der Waals surface area contributed by atoms with Crippen LogP contribution < -0.4 is 5.32 Å². The highest BCUT2D eigenvalue weighted by molar-refractivity contribution is 7.99. The van der Waals surface area contributed by atoms with Crippen LogP contribution in [0.2, 0.25) is 0 Å². The van der Waals surface area contributed by atoms with Crippen molar-refractivity contribution in [3.8, 4) is 11.5 Å². The van der Waals surface area contributed by atoms with Crippen molar-refractivity contribution in [1.29, 1.82) is 0 Å². The smallest absolute Gasteiger partial charge is 0.325 e. The zero-order valence-electron chi connectivity index (χ0n) is 13.8. The van der Waals surface area contributed by atoms with Crippen molar-refractivity contribution in [2.45, 2.75) is 26.0 Å². The van der Waals surface area contributed by atoms with Crippen molar-refractivity contribution in [3.63, 3.8) is 0 Å². The number of nitrogens with zero attached hydrogens (tertiary/aromatic N) is 2. The van der Waals surface area contributed by atoms with Crippen molar-refractivity contribution in [2.24, 2.45) is 0 Å². The molecule has 0 aliphatic carbocycles. The lowest BCUT2D eigenvalue weighted by molar-refractivity contribution is -0.143. The summed E-state index contributed by atoms with van der Waals surface area (Å²) in [6.07, 6.45) is 0. The van der Waals surface area contributed by atoms with E-state index in [1.165, 1.54) is 0 Å². The molecule has 0 bridgehead atoms. The molecule has 1 amide bonds. The lowest BCUT2D eigenvalue weighted by Gasteiger charge is -2.03. The Morgan fingerprint density at radius 1 is 1.21 bits per heavy atom. The normalized spacial score (nSPS) is 10.5. The molecule has 2 rings (SSSR count). The molecule has 0 saturated heterocycles. The lowest BCUT2D eigenvalue weighted by atomic mass is 10.1. The monoisotopic (exact) mass is 349 g/mol. The van der Waals surface area contributed by atoms with Crippen LogP contribution in [0.5, 0.6) is 0 Å². The second-order valence-corrected chi connectivity index (χ2v) is 6.05. The van der Waals surface area contributed by atoms with Crippen molar-refractivity contribution in [1.82, 2.24) is 15.5 Å². The number of carbonyl (C=O) groups is 2. The molecule has 0 radical (unpaired) electrons. The van der Waals surface area contributed by atoms with Crippen LogP contribution in [0.25, 0.3) is 11.5 Å². The number of aromatic nitrogens is 2. The third-order valence-corrected chi connectivity index (χ3v) is 3.76. The molecule has 7 nitrogen and oxygen atoms in total. The zero-order chi connectivity index (χ0) is 17.5. The van der Waals surface area contributed by atoms with Crippen LogP contribution in [0, 0.1) is 13.8 Å². The van der Waals surface area contributed by atoms with Gasteiger partial charge in [-0.1, -0.05) is 29.0 Å². The van der Waals surface area contributed by atoms with Crippen molar-refractivity contribution in [2.75, 3.05) is 18.9 Å². The molecular formula is C16H19N3O4S. The standard InChI is InChI=1S/C16H19N3O4S/c1-4-22-14(21)8-17-13(20)9-24-16-19-18-15(23-16)12-6-10(2)5-11(3)7-12/h5-7H,4,8-9H2,1-3H3,(H,17,20). The average molecular weight is 349 g/mol. The highest BCUT2D eigenvalue weighted by atomic mass is 32.2. The van der Waals surface area contributed by atoms with Gasteiger partial charge in [0.15, 0.2) is 0 Å². The van der Waals surface area contributed by atoms with Crippen LogP contribution in [0.15, 0.2) is 27.8 Å². The van der Waals surface area contributed by atoms with Gasteiger partial charge in [0.1, 0.15) is 6.54 Å². The van der Waals surface area contributed by atoms with Crippen molar-refractivity contribution >= 4 is 23.6 Å². The van der Waals surface area contributed by atoms with E-state index < -0.39 is 5.97 Å². The first kappa shape index (κ1) is 18.0. The van der Waals surface area contributed by atoms with Gasteiger partial charge < -0.3 is 14.5 Å². The average Bonchev–Trinajstić information content (AvgIpc) is 2.99. The molecule has 0 atom stereocenters. The number of rotatable bonds is 7. The maximum Gasteiger partial charge on any atom is 0.325 e. The number of hydrogen-bond acceptors (Lipinski definition) is 7. The maximum atomic E-state index is 11.7. The third-order valence-electron chi connectivity index (χ3n) is 2.94. The largest absolute Gasteiger partial charge is 0.465 e. The van der Waals surface area contributed by atoms with E-state index >= 15 is 0 Å². The number of thioether (sulfide) groups is 1. The SMILES string of the molecule is CCOC(=O)CNC(=O)CSc1nnc(-c2cc(C)cc(C)c2)o1.